The number of aliphatic hydroxyl groups is 1. The van der Waals surface area contributed by atoms with Crippen molar-refractivity contribution in [3.8, 4) is 10.8 Å². The minimum absolute atomic E-state index is 0.0356. The Morgan fingerprint density at radius 2 is 2.00 bits per heavy atom. The average molecular weight is 410 g/mol. The van der Waals surface area contributed by atoms with E-state index in [0.717, 1.165) is 4.88 Å². The maximum Gasteiger partial charge on any atom is 0.333 e. The molecule has 2 aromatic heterocycles. The number of amides is 1. The Hall–Kier alpha value is -2.26. The van der Waals surface area contributed by atoms with Crippen molar-refractivity contribution in [2.45, 2.75) is 53.2 Å². The molecule has 154 valence electrons. The van der Waals surface area contributed by atoms with Crippen LogP contribution in [-0.2, 0) is 9.59 Å². The van der Waals surface area contributed by atoms with E-state index in [1.54, 1.807) is 0 Å². The Morgan fingerprint density at radius 3 is 2.50 bits per heavy atom. The van der Waals surface area contributed by atoms with Crippen LogP contribution in [0.4, 0.5) is 0 Å². The molecule has 0 fully saturated rings. The summed E-state index contributed by atoms with van der Waals surface area (Å²) in [4.78, 5) is 29.3. The number of aliphatic carboxylic acids is 1. The maximum atomic E-state index is 12.9. The van der Waals surface area contributed by atoms with Crippen LogP contribution in [-0.4, -0.2) is 38.3 Å². The summed E-state index contributed by atoms with van der Waals surface area (Å²) in [6.07, 6.45) is -1.54. The van der Waals surface area contributed by atoms with Gasteiger partial charge in [-0.2, -0.15) is 4.98 Å². The summed E-state index contributed by atoms with van der Waals surface area (Å²) in [5, 5.41) is 27.9. The van der Waals surface area contributed by atoms with E-state index >= 15 is 0 Å². The first-order valence-electron chi connectivity index (χ1n) is 9.09. The average Bonchev–Trinajstić information content (AvgIpc) is 3.26. The van der Waals surface area contributed by atoms with Gasteiger partial charge in [0.2, 0.25) is 5.91 Å². The zero-order chi connectivity index (χ0) is 21.1. The molecule has 0 aliphatic heterocycles. The van der Waals surface area contributed by atoms with Crippen LogP contribution in [0.15, 0.2) is 22.0 Å². The van der Waals surface area contributed by atoms with Gasteiger partial charge in [0.15, 0.2) is 11.9 Å². The van der Waals surface area contributed by atoms with Crippen molar-refractivity contribution in [2.24, 2.45) is 17.3 Å². The summed E-state index contributed by atoms with van der Waals surface area (Å²) in [6, 6.07) is 3.11. The number of nitrogens with one attached hydrogen (secondary N) is 1. The van der Waals surface area contributed by atoms with Gasteiger partial charge in [-0.15, -0.1) is 11.3 Å². The molecule has 9 heteroatoms. The monoisotopic (exact) mass is 409 g/mol. The molecule has 28 heavy (non-hydrogen) atoms. The van der Waals surface area contributed by atoms with E-state index in [4.69, 9.17) is 9.63 Å². The molecule has 2 rings (SSSR count). The lowest BCUT2D eigenvalue weighted by atomic mass is 9.84. The van der Waals surface area contributed by atoms with Crippen LogP contribution in [0.1, 0.15) is 52.9 Å². The number of carboxylic acids is 1. The second-order valence-electron chi connectivity index (χ2n) is 8.26. The van der Waals surface area contributed by atoms with E-state index in [2.05, 4.69) is 15.5 Å². The number of rotatable bonds is 8. The Bertz CT molecular complexity index is 795. The molecule has 0 saturated heterocycles. The summed E-state index contributed by atoms with van der Waals surface area (Å²) in [5.41, 5.74) is -0.469. The van der Waals surface area contributed by atoms with Crippen molar-refractivity contribution in [3.05, 3.63) is 23.3 Å². The van der Waals surface area contributed by atoms with Gasteiger partial charge in [0.1, 0.15) is 0 Å². The van der Waals surface area contributed by atoms with Gasteiger partial charge in [-0.25, -0.2) is 4.79 Å². The first-order chi connectivity index (χ1) is 13.0. The second-order valence-corrected chi connectivity index (χ2v) is 9.21. The van der Waals surface area contributed by atoms with E-state index in [0.29, 0.717) is 11.7 Å². The number of carboxylic acid groups (broad SMARTS) is 1. The minimum Gasteiger partial charge on any atom is -0.479 e. The molecule has 0 radical (unpaired) electrons. The number of aliphatic hydroxyl groups excluding tert-OH is 1. The largest absolute Gasteiger partial charge is 0.479 e. The highest BCUT2D eigenvalue weighted by Gasteiger charge is 2.38. The number of nitrogens with zero attached hydrogens (tertiary/aromatic N) is 2. The summed E-state index contributed by atoms with van der Waals surface area (Å²) >= 11 is 1.46. The van der Waals surface area contributed by atoms with Crippen LogP contribution < -0.4 is 5.32 Å². The normalized spacial score (nSPS) is 15.2. The standard InChI is InChI=1S/C19H27N3O5S/c1-10(2)9-11(13(23)18(25)26)16(24)20-14(19(3,4)5)15-21-17(27-22-15)12-7-6-8-28-12/h6-8,10-11,13-14,23H,9H2,1-5H3,(H,20,24)(H,25,26)/t11-,13+,14?/m1/s1. The van der Waals surface area contributed by atoms with Crippen LogP contribution in [0.25, 0.3) is 10.8 Å². The predicted octanol–water partition coefficient (Wildman–Crippen LogP) is 3.11. The number of hydrogen-bond donors (Lipinski definition) is 3. The van der Waals surface area contributed by atoms with E-state index in [1.807, 2.05) is 52.1 Å². The Morgan fingerprint density at radius 1 is 1.32 bits per heavy atom. The molecule has 3 atom stereocenters. The van der Waals surface area contributed by atoms with Gasteiger partial charge in [-0.05, 0) is 29.2 Å². The molecule has 8 nitrogen and oxygen atoms in total. The Kier molecular flexibility index (Phi) is 6.95. The highest BCUT2D eigenvalue weighted by molar-refractivity contribution is 7.13. The molecule has 2 aromatic rings. The SMILES string of the molecule is CC(C)C[C@@H](C(=O)NC(c1noc(-c2cccs2)n1)C(C)(C)C)[C@H](O)C(=O)O. The summed E-state index contributed by atoms with van der Waals surface area (Å²) in [5.74, 6) is -2.35. The number of thiophene rings is 1. The fourth-order valence-electron chi connectivity index (χ4n) is 2.83. The lowest BCUT2D eigenvalue weighted by molar-refractivity contribution is -0.154. The van der Waals surface area contributed by atoms with E-state index in [-0.39, 0.29) is 12.3 Å². The van der Waals surface area contributed by atoms with Gasteiger partial charge in [0.05, 0.1) is 16.8 Å². The fourth-order valence-corrected chi connectivity index (χ4v) is 3.47. The van der Waals surface area contributed by atoms with Crippen molar-refractivity contribution in [3.63, 3.8) is 0 Å². The molecule has 1 unspecified atom stereocenters. The van der Waals surface area contributed by atoms with Gasteiger partial charge in [0, 0.05) is 0 Å². The molecular weight excluding hydrogens is 382 g/mol. The number of aromatic nitrogens is 2. The van der Waals surface area contributed by atoms with Crippen LogP contribution in [0, 0.1) is 17.3 Å². The first kappa shape index (κ1) is 22.0. The molecule has 0 aromatic carbocycles. The molecule has 0 bridgehead atoms. The van der Waals surface area contributed by atoms with Crippen LogP contribution >= 0.6 is 11.3 Å². The molecule has 1 amide bonds. The zero-order valence-corrected chi connectivity index (χ0v) is 17.5. The van der Waals surface area contributed by atoms with Crippen LogP contribution in [0.3, 0.4) is 0 Å². The van der Waals surface area contributed by atoms with Crippen molar-refractivity contribution in [2.75, 3.05) is 0 Å². The smallest absolute Gasteiger partial charge is 0.333 e. The number of hydrogen-bond acceptors (Lipinski definition) is 7. The van der Waals surface area contributed by atoms with E-state index in [1.165, 1.54) is 11.3 Å². The van der Waals surface area contributed by atoms with Crippen LogP contribution in [0.5, 0.6) is 0 Å². The van der Waals surface area contributed by atoms with Crippen molar-refractivity contribution in [1.29, 1.82) is 0 Å². The third kappa shape index (κ3) is 5.39. The highest BCUT2D eigenvalue weighted by Crippen LogP contribution is 2.33. The third-order valence-electron chi connectivity index (χ3n) is 4.28. The highest BCUT2D eigenvalue weighted by atomic mass is 32.1. The fraction of sp³-hybridized carbons (Fsp3) is 0.579. The van der Waals surface area contributed by atoms with Crippen molar-refractivity contribution >= 4 is 23.2 Å². The molecule has 2 heterocycles. The minimum atomic E-state index is -1.78. The van der Waals surface area contributed by atoms with Gasteiger partial charge in [-0.3, -0.25) is 4.79 Å². The van der Waals surface area contributed by atoms with Gasteiger partial charge in [-0.1, -0.05) is 45.8 Å². The van der Waals surface area contributed by atoms with Crippen molar-refractivity contribution < 1.29 is 24.3 Å². The molecule has 0 spiro atoms. The Labute approximate surface area is 168 Å². The summed E-state index contributed by atoms with van der Waals surface area (Å²) in [6.45, 7) is 9.45. The quantitative estimate of drug-likeness (QED) is 0.611. The topological polar surface area (TPSA) is 126 Å². The van der Waals surface area contributed by atoms with Gasteiger partial charge < -0.3 is 20.1 Å². The maximum absolute atomic E-state index is 12.9. The lowest BCUT2D eigenvalue weighted by Crippen LogP contribution is -2.46. The molecular formula is C19H27N3O5S. The predicted molar refractivity (Wildman–Crippen MR) is 105 cm³/mol. The number of carbonyl (C=O) groups is 2. The van der Waals surface area contributed by atoms with Crippen molar-refractivity contribution in [1.82, 2.24) is 15.5 Å². The molecule has 3 N–H and O–H groups in total. The summed E-state index contributed by atoms with van der Waals surface area (Å²) in [7, 11) is 0. The molecule has 0 aliphatic rings. The van der Waals surface area contributed by atoms with E-state index < -0.39 is 35.4 Å². The second kappa shape index (κ2) is 8.83. The van der Waals surface area contributed by atoms with Gasteiger partial charge in [0.25, 0.3) is 5.89 Å². The third-order valence-corrected chi connectivity index (χ3v) is 5.14. The first-order valence-corrected chi connectivity index (χ1v) is 9.97. The van der Waals surface area contributed by atoms with Crippen LogP contribution in [0.2, 0.25) is 0 Å². The molecule has 0 aliphatic carbocycles. The van der Waals surface area contributed by atoms with E-state index in [9.17, 15) is 14.7 Å². The lowest BCUT2D eigenvalue weighted by Gasteiger charge is -2.31. The summed E-state index contributed by atoms with van der Waals surface area (Å²) < 4.78 is 5.33. The Balaban J connectivity index is 2.28. The van der Waals surface area contributed by atoms with Gasteiger partial charge >= 0.3 is 5.97 Å². The molecule has 0 saturated carbocycles. The zero-order valence-electron chi connectivity index (χ0n) is 16.7. The number of carbonyl (C=O) groups excluding carboxylic acids is 1.